The van der Waals surface area contributed by atoms with Crippen LogP contribution < -0.4 is 15.5 Å². The van der Waals surface area contributed by atoms with Gasteiger partial charge in [0.1, 0.15) is 11.6 Å². The Morgan fingerprint density at radius 2 is 1.80 bits per heavy atom. The largest absolute Gasteiger partial charge is 0.453 e. The number of carbonyl (C=O) groups excluding carboxylic acids is 1. The lowest BCUT2D eigenvalue weighted by atomic mass is 10.2. The van der Waals surface area contributed by atoms with Crippen LogP contribution in [0.5, 0.6) is 0 Å². The minimum Gasteiger partial charge on any atom is -0.453 e. The van der Waals surface area contributed by atoms with Crippen LogP contribution in [-0.2, 0) is 11.3 Å². The number of ether oxygens (including phenoxy) is 1. The number of methoxy groups -OCH3 is 1. The molecule has 1 saturated heterocycles. The number of piperazine rings is 1. The van der Waals surface area contributed by atoms with E-state index >= 15 is 0 Å². The van der Waals surface area contributed by atoms with Gasteiger partial charge in [-0.15, -0.1) is 0 Å². The number of halogens is 2. The monoisotopic (exact) mass is 417 g/mol. The highest BCUT2D eigenvalue weighted by Crippen LogP contribution is 2.22. The number of rotatable bonds is 4. The number of carbonyl (C=O) groups is 1. The molecule has 7 nitrogen and oxygen atoms in total. The predicted molar refractivity (Wildman–Crippen MR) is 113 cm³/mol. The van der Waals surface area contributed by atoms with Gasteiger partial charge in [-0.3, -0.25) is 10.3 Å². The summed E-state index contributed by atoms with van der Waals surface area (Å²) in [6.07, 6.45) is -0.515. The van der Waals surface area contributed by atoms with Crippen molar-refractivity contribution in [3.05, 3.63) is 59.7 Å². The molecule has 2 aromatic carbocycles. The van der Waals surface area contributed by atoms with Gasteiger partial charge in [0.2, 0.25) is 0 Å². The van der Waals surface area contributed by atoms with E-state index in [1.54, 1.807) is 19.2 Å². The third-order valence-electron chi connectivity index (χ3n) is 4.88. The molecule has 0 radical (unpaired) electrons. The minimum atomic E-state index is -0.515. The van der Waals surface area contributed by atoms with Crippen LogP contribution in [0.2, 0.25) is 0 Å². The first-order chi connectivity index (χ1) is 14.5. The van der Waals surface area contributed by atoms with Crippen molar-refractivity contribution in [3.63, 3.8) is 0 Å². The van der Waals surface area contributed by atoms with Crippen LogP contribution in [0.15, 0.2) is 47.5 Å². The van der Waals surface area contributed by atoms with Crippen molar-refractivity contribution < 1.29 is 18.3 Å². The van der Waals surface area contributed by atoms with Gasteiger partial charge >= 0.3 is 6.09 Å². The van der Waals surface area contributed by atoms with E-state index in [1.165, 1.54) is 13.2 Å². The van der Waals surface area contributed by atoms with Gasteiger partial charge in [-0.1, -0.05) is 12.1 Å². The molecule has 1 amide bonds. The van der Waals surface area contributed by atoms with Crippen LogP contribution in [-0.4, -0.2) is 57.3 Å². The summed E-state index contributed by atoms with van der Waals surface area (Å²) in [6, 6.07) is 10.9. The van der Waals surface area contributed by atoms with E-state index < -0.39 is 17.7 Å². The van der Waals surface area contributed by atoms with Crippen LogP contribution in [0.3, 0.4) is 0 Å². The minimum absolute atomic E-state index is 0.290. The summed E-state index contributed by atoms with van der Waals surface area (Å²) in [6.45, 7) is 2.96. The van der Waals surface area contributed by atoms with Crippen molar-refractivity contribution in [1.82, 2.24) is 10.2 Å². The molecule has 0 saturated carbocycles. The number of guanidine groups is 1. The summed E-state index contributed by atoms with van der Waals surface area (Å²) >= 11 is 0. The molecule has 3 rings (SSSR count). The fraction of sp³-hybridized carbons (Fsp3) is 0.333. The van der Waals surface area contributed by atoms with Gasteiger partial charge in [-0.25, -0.2) is 13.6 Å². The first kappa shape index (κ1) is 21.4. The zero-order valence-corrected chi connectivity index (χ0v) is 17.0. The smallest absolute Gasteiger partial charge is 0.411 e. The second-order valence-electron chi connectivity index (χ2n) is 6.78. The van der Waals surface area contributed by atoms with E-state index in [0.29, 0.717) is 44.1 Å². The summed E-state index contributed by atoms with van der Waals surface area (Å²) in [7, 11) is 3.03. The van der Waals surface area contributed by atoms with Crippen molar-refractivity contribution in [2.75, 3.05) is 50.6 Å². The third-order valence-corrected chi connectivity index (χ3v) is 4.88. The van der Waals surface area contributed by atoms with Crippen molar-refractivity contribution in [2.24, 2.45) is 4.99 Å². The van der Waals surface area contributed by atoms with Crippen LogP contribution in [0.4, 0.5) is 25.0 Å². The van der Waals surface area contributed by atoms with Crippen LogP contribution in [0.25, 0.3) is 0 Å². The number of benzene rings is 2. The fourth-order valence-electron chi connectivity index (χ4n) is 3.28. The molecule has 2 aromatic rings. The maximum atomic E-state index is 14.0. The second kappa shape index (κ2) is 9.91. The Hall–Kier alpha value is -3.36. The van der Waals surface area contributed by atoms with E-state index in [2.05, 4.69) is 25.3 Å². The number of anilines is 2. The molecule has 30 heavy (non-hydrogen) atoms. The number of nitrogens with zero attached hydrogens (tertiary/aromatic N) is 3. The van der Waals surface area contributed by atoms with E-state index in [0.717, 1.165) is 23.7 Å². The molecular weight excluding hydrogens is 392 g/mol. The second-order valence-corrected chi connectivity index (χ2v) is 6.78. The highest BCUT2D eigenvalue weighted by atomic mass is 19.1. The van der Waals surface area contributed by atoms with Gasteiger partial charge in [0.15, 0.2) is 5.96 Å². The first-order valence-corrected chi connectivity index (χ1v) is 9.59. The predicted octanol–water partition coefficient (Wildman–Crippen LogP) is 3.04. The highest BCUT2D eigenvalue weighted by molar-refractivity contribution is 5.84. The number of amides is 1. The van der Waals surface area contributed by atoms with E-state index in [-0.39, 0.29) is 0 Å². The first-order valence-electron chi connectivity index (χ1n) is 9.59. The number of aliphatic imine (C=N–C) groups is 1. The van der Waals surface area contributed by atoms with E-state index in [4.69, 9.17) is 0 Å². The number of hydrogen-bond donors (Lipinski definition) is 2. The molecule has 1 aliphatic heterocycles. The van der Waals surface area contributed by atoms with Gasteiger partial charge in [-0.2, -0.15) is 0 Å². The van der Waals surface area contributed by atoms with Crippen LogP contribution in [0, 0.1) is 11.6 Å². The molecule has 0 aliphatic carbocycles. The van der Waals surface area contributed by atoms with Crippen molar-refractivity contribution in [3.8, 4) is 0 Å². The molecule has 0 unspecified atom stereocenters. The Labute approximate surface area is 174 Å². The SMILES string of the molecule is CN=C(NCc1ccc(NC(=O)OC)cc1)N1CCN(c2cc(F)ccc2F)CC1. The zero-order valence-electron chi connectivity index (χ0n) is 17.0. The number of hydrogen-bond acceptors (Lipinski definition) is 4. The van der Waals surface area contributed by atoms with Crippen molar-refractivity contribution in [2.45, 2.75) is 6.54 Å². The summed E-state index contributed by atoms with van der Waals surface area (Å²) in [5.41, 5.74) is 1.96. The molecule has 1 aliphatic rings. The molecule has 0 bridgehead atoms. The zero-order chi connectivity index (χ0) is 21.5. The molecule has 1 fully saturated rings. The summed E-state index contributed by atoms with van der Waals surface area (Å²) < 4.78 is 32.1. The Morgan fingerprint density at radius 1 is 1.10 bits per heavy atom. The van der Waals surface area contributed by atoms with Gasteiger partial charge in [0.25, 0.3) is 0 Å². The van der Waals surface area contributed by atoms with Gasteiger partial charge in [0, 0.05) is 51.5 Å². The summed E-state index contributed by atoms with van der Waals surface area (Å²) in [4.78, 5) is 19.5. The van der Waals surface area contributed by atoms with Crippen LogP contribution in [0.1, 0.15) is 5.56 Å². The van der Waals surface area contributed by atoms with E-state index in [1.807, 2.05) is 17.0 Å². The molecule has 160 valence electrons. The fourth-order valence-corrected chi connectivity index (χ4v) is 3.28. The van der Waals surface area contributed by atoms with Crippen LogP contribution >= 0.6 is 0 Å². The quantitative estimate of drug-likeness (QED) is 0.591. The summed E-state index contributed by atoms with van der Waals surface area (Å²) in [5.74, 6) is -0.122. The molecule has 0 aromatic heterocycles. The lowest BCUT2D eigenvalue weighted by Crippen LogP contribution is -2.52. The van der Waals surface area contributed by atoms with Gasteiger partial charge in [0.05, 0.1) is 12.8 Å². The normalized spacial score (nSPS) is 14.5. The lowest BCUT2D eigenvalue weighted by Gasteiger charge is -2.37. The Kier molecular flexibility index (Phi) is 7.05. The van der Waals surface area contributed by atoms with Crippen molar-refractivity contribution >= 4 is 23.4 Å². The highest BCUT2D eigenvalue weighted by Gasteiger charge is 2.22. The standard InChI is InChI=1S/C21H25F2N5O2/c1-24-20(25-14-15-3-6-17(7-4-15)26-21(29)30-2)28-11-9-27(10-12-28)19-13-16(22)5-8-18(19)23/h3-8,13H,9-12,14H2,1-2H3,(H,24,25)(H,26,29). The Bertz CT molecular complexity index is 897. The molecule has 0 atom stereocenters. The maximum Gasteiger partial charge on any atom is 0.411 e. The molecular formula is C21H25F2N5O2. The Balaban J connectivity index is 1.52. The van der Waals surface area contributed by atoms with Gasteiger partial charge < -0.3 is 19.9 Å². The molecule has 1 heterocycles. The lowest BCUT2D eigenvalue weighted by molar-refractivity contribution is 0.187. The number of nitrogens with one attached hydrogen (secondary N) is 2. The molecule has 9 heteroatoms. The van der Waals surface area contributed by atoms with E-state index in [9.17, 15) is 13.6 Å². The molecule has 2 N–H and O–H groups in total. The van der Waals surface area contributed by atoms with Crippen molar-refractivity contribution in [1.29, 1.82) is 0 Å². The Morgan fingerprint density at radius 3 is 2.43 bits per heavy atom. The maximum absolute atomic E-state index is 14.0. The third kappa shape index (κ3) is 5.37. The summed E-state index contributed by atoms with van der Waals surface area (Å²) in [5, 5.41) is 5.92. The average Bonchev–Trinajstić information content (AvgIpc) is 2.77. The van der Waals surface area contributed by atoms with Gasteiger partial charge in [-0.05, 0) is 29.8 Å². The topological polar surface area (TPSA) is 69.2 Å². The average molecular weight is 417 g/mol. The molecule has 0 spiro atoms.